The summed E-state index contributed by atoms with van der Waals surface area (Å²) in [6.07, 6.45) is 1.18. The third-order valence-corrected chi connectivity index (χ3v) is 3.59. The fourth-order valence-corrected chi connectivity index (χ4v) is 2.41. The second kappa shape index (κ2) is 5.42. The molecule has 2 nitrogen and oxygen atoms in total. The highest BCUT2D eigenvalue weighted by molar-refractivity contribution is 8.13. The van der Waals surface area contributed by atoms with E-state index >= 15 is 0 Å². The van der Waals surface area contributed by atoms with Gasteiger partial charge in [0.05, 0.1) is 0 Å². The second-order valence-corrected chi connectivity index (χ2v) is 4.82. The van der Waals surface area contributed by atoms with Gasteiger partial charge in [0.15, 0.2) is 5.17 Å². The molecule has 2 rings (SSSR count). The number of aliphatic imine (C=N–C) groups is 1. The van der Waals surface area contributed by atoms with Gasteiger partial charge in [-0.25, -0.2) is 0 Å². The van der Waals surface area contributed by atoms with Gasteiger partial charge >= 0.3 is 0 Å². The Kier molecular flexibility index (Phi) is 3.92. The van der Waals surface area contributed by atoms with Crippen LogP contribution in [-0.2, 0) is 6.54 Å². The molecule has 0 spiro atoms. The average molecular weight is 241 g/mol. The number of nitrogens with one attached hydrogen (secondary N) is 1. The minimum absolute atomic E-state index is 0.755. The molecule has 15 heavy (non-hydrogen) atoms. The van der Waals surface area contributed by atoms with Gasteiger partial charge in [-0.2, -0.15) is 0 Å². The third kappa shape index (κ3) is 3.14. The van der Waals surface area contributed by atoms with Gasteiger partial charge in [-0.1, -0.05) is 41.6 Å². The van der Waals surface area contributed by atoms with Crippen LogP contribution in [-0.4, -0.2) is 17.5 Å². The Morgan fingerprint density at radius 3 is 3.00 bits per heavy atom. The summed E-state index contributed by atoms with van der Waals surface area (Å²) in [4.78, 5) is 4.40. The Balaban J connectivity index is 1.93. The largest absolute Gasteiger partial charge is 0.361 e. The lowest BCUT2D eigenvalue weighted by atomic mass is 10.2. The Hall–Kier alpha value is -0.670. The predicted octanol–water partition coefficient (Wildman–Crippen LogP) is 2.92. The van der Waals surface area contributed by atoms with E-state index < -0.39 is 0 Å². The minimum atomic E-state index is 0.755. The van der Waals surface area contributed by atoms with Crippen LogP contribution in [0.4, 0.5) is 0 Å². The summed E-state index contributed by atoms with van der Waals surface area (Å²) >= 11 is 7.84. The zero-order valence-electron chi connectivity index (χ0n) is 8.37. The zero-order chi connectivity index (χ0) is 10.5. The van der Waals surface area contributed by atoms with Gasteiger partial charge in [0, 0.05) is 23.9 Å². The van der Waals surface area contributed by atoms with Crippen molar-refractivity contribution in [1.82, 2.24) is 5.32 Å². The molecular weight excluding hydrogens is 228 g/mol. The molecule has 0 atom stereocenters. The van der Waals surface area contributed by atoms with Crippen LogP contribution in [0.3, 0.4) is 0 Å². The maximum atomic E-state index is 6.06. The second-order valence-electron chi connectivity index (χ2n) is 3.33. The van der Waals surface area contributed by atoms with Crippen LogP contribution >= 0.6 is 23.4 Å². The molecule has 1 aliphatic heterocycles. The number of halogens is 1. The van der Waals surface area contributed by atoms with E-state index in [-0.39, 0.29) is 0 Å². The normalized spacial score (nSPS) is 15.9. The number of hydrogen-bond donors (Lipinski definition) is 1. The molecule has 1 aromatic carbocycles. The first-order chi connectivity index (χ1) is 7.36. The molecule has 80 valence electrons. The first-order valence-electron chi connectivity index (χ1n) is 5.01. The van der Waals surface area contributed by atoms with Crippen LogP contribution in [0, 0.1) is 0 Å². The fraction of sp³-hybridized carbons (Fsp3) is 0.364. The molecular formula is C11H13ClN2S. The van der Waals surface area contributed by atoms with Crippen LogP contribution in [0.25, 0.3) is 0 Å². The van der Waals surface area contributed by atoms with E-state index in [1.807, 2.05) is 24.3 Å². The summed E-state index contributed by atoms with van der Waals surface area (Å²) in [7, 11) is 0. The molecule has 0 radical (unpaired) electrons. The lowest BCUT2D eigenvalue weighted by Crippen LogP contribution is -2.23. The standard InChI is InChI=1S/C11H13ClN2S/c12-10-5-2-1-4-9(10)8-14-11-13-6-3-7-15-11/h1-2,4-5H,3,6-8H2,(H,13,14). The quantitative estimate of drug-likeness (QED) is 0.860. The van der Waals surface area contributed by atoms with Crippen molar-refractivity contribution in [1.29, 1.82) is 0 Å². The lowest BCUT2D eigenvalue weighted by molar-refractivity contribution is 0.881. The topological polar surface area (TPSA) is 24.4 Å². The van der Waals surface area contributed by atoms with Crippen LogP contribution in [0.1, 0.15) is 12.0 Å². The summed E-state index contributed by atoms with van der Waals surface area (Å²) in [6, 6.07) is 7.88. The van der Waals surface area contributed by atoms with Crippen LogP contribution in [0.2, 0.25) is 5.02 Å². The minimum Gasteiger partial charge on any atom is -0.361 e. The fourth-order valence-electron chi connectivity index (χ4n) is 1.38. The maximum Gasteiger partial charge on any atom is 0.156 e. The van der Waals surface area contributed by atoms with E-state index in [4.69, 9.17) is 11.6 Å². The summed E-state index contributed by atoms with van der Waals surface area (Å²) < 4.78 is 0. The molecule has 0 bridgehead atoms. The zero-order valence-corrected chi connectivity index (χ0v) is 9.94. The number of rotatable bonds is 2. The summed E-state index contributed by atoms with van der Waals surface area (Å²) in [6.45, 7) is 1.70. The van der Waals surface area contributed by atoms with Gasteiger partial charge in [-0.3, -0.25) is 4.99 Å². The highest BCUT2D eigenvalue weighted by Crippen LogP contribution is 2.16. The van der Waals surface area contributed by atoms with Crippen molar-refractivity contribution < 1.29 is 0 Å². The van der Waals surface area contributed by atoms with E-state index in [1.54, 1.807) is 11.8 Å². The van der Waals surface area contributed by atoms with Crippen LogP contribution < -0.4 is 5.32 Å². The molecule has 0 unspecified atom stereocenters. The van der Waals surface area contributed by atoms with E-state index in [9.17, 15) is 0 Å². The summed E-state index contributed by atoms with van der Waals surface area (Å²) in [5.41, 5.74) is 1.12. The highest BCUT2D eigenvalue weighted by atomic mass is 35.5. The molecule has 0 aliphatic carbocycles. The molecule has 1 aromatic rings. The van der Waals surface area contributed by atoms with Crippen molar-refractivity contribution in [2.24, 2.45) is 4.99 Å². The monoisotopic (exact) mass is 240 g/mol. The molecule has 0 fully saturated rings. The Bertz CT molecular complexity index is 365. The number of hydrogen-bond acceptors (Lipinski definition) is 3. The molecule has 1 aliphatic rings. The van der Waals surface area contributed by atoms with E-state index in [1.165, 1.54) is 6.42 Å². The highest BCUT2D eigenvalue weighted by Gasteiger charge is 2.05. The Labute approximate surface area is 99.1 Å². The molecule has 0 saturated carbocycles. The molecule has 0 saturated heterocycles. The Morgan fingerprint density at radius 1 is 1.40 bits per heavy atom. The first kappa shape index (κ1) is 10.8. The number of amidine groups is 1. The first-order valence-corrected chi connectivity index (χ1v) is 6.37. The van der Waals surface area contributed by atoms with Gasteiger partial charge in [0.25, 0.3) is 0 Å². The van der Waals surface area contributed by atoms with Crippen molar-refractivity contribution in [3.63, 3.8) is 0 Å². The van der Waals surface area contributed by atoms with Crippen molar-refractivity contribution in [3.8, 4) is 0 Å². The SMILES string of the molecule is Clc1ccccc1CNC1=NCCCS1. The maximum absolute atomic E-state index is 6.06. The van der Waals surface area contributed by atoms with E-state index in [0.717, 1.165) is 34.6 Å². The van der Waals surface area contributed by atoms with Gasteiger partial charge in [0.2, 0.25) is 0 Å². The molecule has 1 heterocycles. The predicted molar refractivity (Wildman–Crippen MR) is 67.7 cm³/mol. The van der Waals surface area contributed by atoms with Crippen molar-refractivity contribution in [2.45, 2.75) is 13.0 Å². The van der Waals surface area contributed by atoms with Crippen molar-refractivity contribution in [2.75, 3.05) is 12.3 Å². The van der Waals surface area contributed by atoms with Crippen molar-refractivity contribution >= 4 is 28.5 Å². The molecule has 1 N–H and O–H groups in total. The van der Waals surface area contributed by atoms with Gasteiger partial charge < -0.3 is 5.32 Å². The van der Waals surface area contributed by atoms with Crippen LogP contribution in [0.15, 0.2) is 29.3 Å². The van der Waals surface area contributed by atoms with Crippen molar-refractivity contribution in [3.05, 3.63) is 34.9 Å². The van der Waals surface area contributed by atoms with Crippen LogP contribution in [0.5, 0.6) is 0 Å². The molecule has 4 heteroatoms. The molecule has 0 amide bonds. The van der Waals surface area contributed by atoms with Gasteiger partial charge in [0.1, 0.15) is 0 Å². The summed E-state index contributed by atoms with van der Waals surface area (Å²) in [5.74, 6) is 1.16. The van der Waals surface area contributed by atoms with E-state index in [2.05, 4.69) is 10.3 Å². The lowest BCUT2D eigenvalue weighted by Gasteiger charge is -2.13. The summed E-state index contributed by atoms with van der Waals surface area (Å²) in [5, 5.41) is 5.16. The number of benzene rings is 1. The Morgan fingerprint density at radius 2 is 2.27 bits per heavy atom. The average Bonchev–Trinajstić information content (AvgIpc) is 2.29. The third-order valence-electron chi connectivity index (χ3n) is 2.18. The van der Waals surface area contributed by atoms with Gasteiger partial charge in [-0.05, 0) is 18.1 Å². The van der Waals surface area contributed by atoms with E-state index in [0.29, 0.717) is 0 Å². The van der Waals surface area contributed by atoms with Gasteiger partial charge in [-0.15, -0.1) is 0 Å². The molecule has 0 aromatic heterocycles. The number of thioether (sulfide) groups is 1. The number of nitrogens with zero attached hydrogens (tertiary/aromatic N) is 1. The smallest absolute Gasteiger partial charge is 0.156 e.